The van der Waals surface area contributed by atoms with Gasteiger partial charge in [-0.05, 0) is 57.3 Å². The maximum Gasteiger partial charge on any atom is 0.472 e. The number of unbranched alkanes of at least 4 members (excludes halogenated alkanes) is 48. The fraction of sp³-hybridized carbons (Fsp3) is 0.901. The molecule has 17 nitrogen and oxygen atoms in total. The van der Waals surface area contributed by atoms with E-state index in [1.807, 2.05) is 0 Å². The molecule has 100 heavy (non-hydrogen) atoms. The molecule has 2 unspecified atom stereocenters. The molecular weight excluding hydrogens is 1310 g/mol. The summed E-state index contributed by atoms with van der Waals surface area (Å²) in [6.07, 6.45) is 68.0. The third kappa shape index (κ3) is 73.8. The van der Waals surface area contributed by atoms with Crippen LogP contribution < -0.4 is 0 Å². The Morgan fingerprint density at radius 2 is 0.540 bits per heavy atom. The first-order valence-electron chi connectivity index (χ1n) is 41.5. The van der Waals surface area contributed by atoms with Gasteiger partial charge in [0.2, 0.25) is 0 Å². The van der Waals surface area contributed by atoms with Gasteiger partial charge in [0.25, 0.3) is 0 Å². The standard InChI is InChI=1S/C81H154O17P2/c1-6-9-12-15-17-19-21-23-25-26-27-31-35-38-42-46-50-55-60-65-79(84)92-71-77(98-81(86)67-62-57-52-48-44-40-36-32-29-28-30-34-37-41-45-49-54-58-63-74(4)5)73-96-100(89,90)94-69-75(82)68-93-99(87,88)95-72-76(70-91-78(83)64-59-53-14-11-8-3)97-80(85)66-61-56-51-47-43-39-33-24-22-20-18-16-13-10-7-2/h20,22,24,33,74-77,82H,6-19,21,23,25-32,34-73H2,1-5H3,(H,87,88)(H,89,90)/b22-20-,33-24-/t75-,76+,77+/m0/s1. The number of carbonyl (C=O) groups excluding carboxylic acids is 4. The molecule has 19 heteroatoms. The first-order valence-corrected chi connectivity index (χ1v) is 44.4. The Kier molecular flexibility index (Phi) is 71.6. The summed E-state index contributed by atoms with van der Waals surface area (Å²) in [4.78, 5) is 72.7. The van der Waals surface area contributed by atoms with Crippen LogP contribution in [0.3, 0.4) is 0 Å². The minimum Gasteiger partial charge on any atom is -0.462 e. The van der Waals surface area contributed by atoms with Gasteiger partial charge in [-0.15, -0.1) is 0 Å². The maximum atomic E-state index is 13.1. The zero-order chi connectivity index (χ0) is 73.4. The number of phosphoric ester groups is 2. The lowest BCUT2D eigenvalue weighted by atomic mass is 10.0. The molecule has 0 radical (unpaired) electrons. The molecule has 3 N–H and O–H groups in total. The Hall–Kier alpha value is -2.46. The van der Waals surface area contributed by atoms with Crippen molar-refractivity contribution < 1.29 is 80.2 Å². The summed E-state index contributed by atoms with van der Waals surface area (Å²) < 4.78 is 68.4. The lowest BCUT2D eigenvalue weighted by Gasteiger charge is -2.21. The molecule has 0 aliphatic rings. The van der Waals surface area contributed by atoms with E-state index < -0.39 is 97.5 Å². The summed E-state index contributed by atoms with van der Waals surface area (Å²) >= 11 is 0. The highest BCUT2D eigenvalue weighted by Gasteiger charge is 2.30. The van der Waals surface area contributed by atoms with Crippen LogP contribution in [-0.2, 0) is 65.4 Å². The average Bonchev–Trinajstić information content (AvgIpc) is 0.916. The summed E-state index contributed by atoms with van der Waals surface area (Å²) in [5, 5.41) is 10.6. The maximum absolute atomic E-state index is 13.1. The summed E-state index contributed by atoms with van der Waals surface area (Å²) in [7, 11) is -9.92. The number of carbonyl (C=O) groups is 4. The van der Waals surface area contributed by atoms with E-state index in [0.29, 0.717) is 25.7 Å². The van der Waals surface area contributed by atoms with Crippen LogP contribution in [-0.4, -0.2) is 96.7 Å². The SMILES string of the molecule is CCCCCC/C=C\C=C/CCCCCCCC(=O)O[C@H](COC(=O)CCCCCCC)COP(=O)(O)OC[C@H](O)COP(=O)(O)OC[C@@H](COC(=O)CCCCCCCCCCCCCCCCCCCCC)OC(=O)CCCCCCCCCCCCCCCCCCCCC(C)C. The van der Waals surface area contributed by atoms with Crippen LogP contribution in [0.2, 0.25) is 0 Å². The second-order valence-electron chi connectivity index (χ2n) is 29.0. The van der Waals surface area contributed by atoms with Gasteiger partial charge in [0, 0.05) is 25.7 Å². The fourth-order valence-corrected chi connectivity index (χ4v) is 13.6. The molecule has 0 aromatic carbocycles. The molecule has 0 amide bonds. The Labute approximate surface area is 612 Å². The van der Waals surface area contributed by atoms with Crippen molar-refractivity contribution in [2.45, 2.75) is 425 Å². The Balaban J connectivity index is 5.14. The molecule has 5 atom stereocenters. The van der Waals surface area contributed by atoms with Gasteiger partial charge in [-0.3, -0.25) is 37.3 Å². The molecule has 0 aromatic heterocycles. The number of hydrogen-bond donors (Lipinski definition) is 3. The summed E-state index contributed by atoms with van der Waals surface area (Å²) in [5.41, 5.74) is 0. The van der Waals surface area contributed by atoms with Crippen LogP contribution in [0.4, 0.5) is 0 Å². The second-order valence-corrected chi connectivity index (χ2v) is 31.9. The first-order chi connectivity index (χ1) is 48.5. The first kappa shape index (κ1) is 97.5. The molecule has 0 aliphatic carbocycles. The number of rotatable bonds is 79. The molecule has 0 saturated carbocycles. The van der Waals surface area contributed by atoms with Gasteiger partial charge in [-0.25, -0.2) is 9.13 Å². The lowest BCUT2D eigenvalue weighted by molar-refractivity contribution is -0.161. The third-order valence-corrected chi connectivity index (χ3v) is 20.3. The highest BCUT2D eigenvalue weighted by molar-refractivity contribution is 7.47. The van der Waals surface area contributed by atoms with E-state index in [-0.39, 0.29) is 25.7 Å². The van der Waals surface area contributed by atoms with Gasteiger partial charge in [0.1, 0.15) is 19.3 Å². The van der Waals surface area contributed by atoms with Crippen molar-refractivity contribution in [3.63, 3.8) is 0 Å². The molecule has 0 spiro atoms. The normalized spacial score (nSPS) is 14.0. The van der Waals surface area contributed by atoms with E-state index in [1.165, 1.54) is 212 Å². The number of hydrogen-bond acceptors (Lipinski definition) is 15. The quantitative estimate of drug-likeness (QED) is 0.0169. The average molecular weight is 1460 g/mol. The number of ether oxygens (including phenoxy) is 4. The molecule has 0 bridgehead atoms. The molecule has 590 valence electrons. The van der Waals surface area contributed by atoms with Gasteiger partial charge >= 0.3 is 39.5 Å². The van der Waals surface area contributed by atoms with Crippen molar-refractivity contribution in [1.82, 2.24) is 0 Å². The monoisotopic (exact) mass is 1460 g/mol. The Morgan fingerprint density at radius 1 is 0.310 bits per heavy atom. The number of aliphatic hydroxyl groups is 1. The van der Waals surface area contributed by atoms with Crippen LogP contribution in [0, 0.1) is 5.92 Å². The molecule has 0 saturated heterocycles. The summed E-state index contributed by atoms with van der Waals surface area (Å²) in [5.74, 6) is -1.33. The highest BCUT2D eigenvalue weighted by Crippen LogP contribution is 2.45. The second kappa shape index (κ2) is 73.4. The number of esters is 4. The van der Waals surface area contributed by atoms with E-state index in [4.69, 9.17) is 37.0 Å². The van der Waals surface area contributed by atoms with E-state index in [2.05, 4.69) is 58.9 Å². The van der Waals surface area contributed by atoms with Crippen molar-refractivity contribution in [3.05, 3.63) is 24.3 Å². The van der Waals surface area contributed by atoms with E-state index in [1.54, 1.807) is 0 Å². The van der Waals surface area contributed by atoms with Crippen molar-refractivity contribution >= 4 is 39.5 Å². The molecule has 0 fully saturated rings. The highest BCUT2D eigenvalue weighted by atomic mass is 31.2. The molecular formula is C81H154O17P2. The predicted octanol–water partition coefficient (Wildman–Crippen LogP) is 24.0. The Morgan fingerprint density at radius 3 is 0.820 bits per heavy atom. The summed E-state index contributed by atoms with van der Waals surface area (Å²) in [6.45, 7) is 7.20. The zero-order valence-electron chi connectivity index (χ0n) is 64.8. The van der Waals surface area contributed by atoms with Crippen LogP contribution in [0.25, 0.3) is 0 Å². The van der Waals surface area contributed by atoms with Gasteiger partial charge in [0.15, 0.2) is 12.2 Å². The molecule has 0 rings (SSSR count). The topological polar surface area (TPSA) is 237 Å². The van der Waals surface area contributed by atoms with E-state index in [9.17, 15) is 43.2 Å². The molecule has 0 aromatic rings. The van der Waals surface area contributed by atoms with E-state index in [0.717, 1.165) is 115 Å². The molecule has 0 aliphatic heterocycles. The number of aliphatic hydroxyl groups excluding tert-OH is 1. The van der Waals surface area contributed by atoms with Crippen LogP contribution >= 0.6 is 15.6 Å². The van der Waals surface area contributed by atoms with Crippen molar-refractivity contribution in [1.29, 1.82) is 0 Å². The minimum atomic E-state index is -4.96. The number of phosphoric acid groups is 2. The largest absolute Gasteiger partial charge is 0.472 e. The van der Waals surface area contributed by atoms with Gasteiger partial charge in [0.05, 0.1) is 26.4 Å². The minimum absolute atomic E-state index is 0.0845. The van der Waals surface area contributed by atoms with Gasteiger partial charge in [-0.1, -0.05) is 354 Å². The van der Waals surface area contributed by atoms with Gasteiger partial charge < -0.3 is 33.8 Å². The smallest absolute Gasteiger partial charge is 0.462 e. The predicted molar refractivity (Wildman–Crippen MR) is 409 cm³/mol. The van der Waals surface area contributed by atoms with Crippen molar-refractivity contribution in [2.75, 3.05) is 39.6 Å². The third-order valence-electron chi connectivity index (χ3n) is 18.4. The fourth-order valence-electron chi connectivity index (χ4n) is 12.0. The summed E-state index contributed by atoms with van der Waals surface area (Å²) in [6, 6.07) is 0. The van der Waals surface area contributed by atoms with Gasteiger partial charge in [-0.2, -0.15) is 0 Å². The number of allylic oxidation sites excluding steroid dienone is 4. The molecule has 0 heterocycles. The van der Waals surface area contributed by atoms with Crippen molar-refractivity contribution in [3.8, 4) is 0 Å². The lowest BCUT2D eigenvalue weighted by Crippen LogP contribution is -2.30. The van der Waals surface area contributed by atoms with Crippen molar-refractivity contribution in [2.24, 2.45) is 5.92 Å². The van der Waals surface area contributed by atoms with E-state index >= 15 is 0 Å². The van der Waals surface area contributed by atoms with Crippen LogP contribution in [0.5, 0.6) is 0 Å². The van der Waals surface area contributed by atoms with Crippen LogP contribution in [0.15, 0.2) is 24.3 Å². The van der Waals surface area contributed by atoms with Crippen LogP contribution in [0.1, 0.15) is 407 Å². The zero-order valence-corrected chi connectivity index (χ0v) is 66.6. The Bertz CT molecular complexity index is 2000.